The largest absolute Gasteiger partial charge is 0.485 e. The zero-order valence-corrected chi connectivity index (χ0v) is 22.9. The van der Waals surface area contributed by atoms with Gasteiger partial charge in [0.2, 0.25) is 5.88 Å². The number of aliphatic carboxylic acids is 1. The number of nitrogens with zero attached hydrogens (tertiary/aromatic N) is 3. The molecule has 3 heterocycles. The summed E-state index contributed by atoms with van der Waals surface area (Å²) in [5.41, 5.74) is 5.28. The molecule has 5 rings (SSSR count). The van der Waals surface area contributed by atoms with Crippen LogP contribution in [0.15, 0.2) is 48.7 Å². The number of benzene rings is 2. The van der Waals surface area contributed by atoms with E-state index < -0.39 is 17.7 Å². The number of hydrogen-bond acceptors (Lipinski definition) is 6. The molecular formula is C32H34FN3O4. The van der Waals surface area contributed by atoms with Gasteiger partial charge in [-0.2, -0.15) is 5.26 Å². The predicted molar refractivity (Wildman–Crippen MR) is 148 cm³/mol. The number of likely N-dealkylation sites (tertiary alicyclic amines) is 1. The molecule has 1 N–H and O–H groups in total. The molecule has 1 fully saturated rings. The molecule has 0 amide bonds. The molecule has 2 aliphatic rings. The molecule has 3 aromatic rings. The highest BCUT2D eigenvalue weighted by atomic mass is 19.1. The Hall–Kier alpha value is -3.96. The number of pyridine rings is 1. The summed E-state index contributed by atoms with van der Waals surface area (Å²) in [6.45, 7) is 3.97. The number of methoxy groups -OCH3 is 1. The van der Waals surface area contributed by atoms with Gasteiger partial charge in [0.05, 0.1) is 25.3 Å². The first-order valence-corrected chi connectivity index (χ1v) is 13.8. The highest BCUT2D eigenvalue weighted by Crippen LogP contribution is 2.38. The van der Waals surface area contributed by atoms with Crippen LogP contribution in [-0.4, -0.2) is 41.2 Å². The minimum atomic E-state index is -0.816. The molecule has 2 atom stereocenters. The Balaban J connectivity index is 1.44. The van der Waals surface area contributed by atoms with Crippen molar-refractivity contribution >= 4 is 5.97 Å². The molecule has 0 bridgehead atoms. The fourth-order valence-corrected chi connectivity index (χ4v) is 5.62. The van der Waals surface area contributed by atoms with E-state index in [0.29, 0.717) is 24.4 Å². The van der Waals surface area contributed by atoms with Crippen molar-refractivity contribution in [2.45, 2.75) is 51.7 Å². The second kappa shape index (κ2) is 12.1. The Labute approximate surface area is 234 Å². The van der Waals surface area contributed by atoms with E-state index in [1.807, 2.05) is 30.3 Å². The number of nitriles is 1. The number of rotatable bonds is 8. The average molecular weight is 544 g/mol. The van der Waals surface area contributed by atoms with Crippen molar-refractivity contribution in [3.8, 4) is 28.8 Å². The van der Waals surface area contributed by atoms with Crippen molar-refractivity contribution in [1.82, 2.24) is 9.88 Å². The van der Waals surface area contributed by atoms with Crippen LogP contribution in [0.2, 0.25) is 0 Å². The van der Waals surface area contributed by atoms with Gasteiger partial charge in [-0.25, -0.2) is 9.37 Å². The van der Waals surface area contributed by atoms with Gasteiger partial charge in [-0.15, -0.1) is 0 Å². The molecule has 0 radical (unpaired) electrons. The van der Waals surface area contributed by atoms with Crippen LogP contribution in [-0.2, 0) is 24.2 Å². The topological polar surface area (TPSA) is 95.7 Å². The first kappa shape index (κ1) is 27.6. The monoisotopic (exact) mass is 543 g/mol. The van der Waals surface area contributed by atoms with Crippen LogP contribution in [0.5, 0.6) is 11.6 Å². The zero-order valence-electron chi connectivity index (χ0n) is 22.9. The summed E-state index contributed by atoms with van der Waals surface area (Å²) in [5, 5.41) is 18.6. The summed E-state index contributed by atoms with van der Waals surface area (Å²) in [7, 11) is 1.51. The molecule has 2 aliphatic heterocycles. The number of piperidine rings is 1. The number of carboxylic acids is 1. The van der Waals surface area contributed by atoms with Crippen LogP contribution in [0.4, 0.5) is 4.39 Å². The summed E-state index contributed by atoms with van der Waals surface area (Å²) < 4.78 is 26.8. The highest BCUT2D eigenvalue weighted by molar-refractivity contribution is 5.70. The number of carbonyl (C=O) groups is 1. The summed E-state index contributed by atoms with van der Waals surface area (Å²) in [6, 6.07) is 16.1. The third-order valence-corrected chi connectivity index (χ3v) is 8.03. The first-order chi connectivity index (χ1) is 19.3. The molecule has 40 heavy (non-hydrogen) atoms. The number of fused-ring (bicyclic) bond motifs is 1. The summed E-state index contributed by atoms with van der Waals surface area (Å²) in [6.07, 6.45) is 4.77. The SMILES string of the molecule is COc1cc(-c2ccc([C@@H]3CCc4ccc(CC(C)C(=O)O)cc4O3)cc2CN2CCC(C#N)CC2)c(F)cn1. The lowest BCUT2D eigenvalue weighted by molar-refractivity contribution is -0.141. The fourth-order valence-electron chi connectivity index (χ4n) is 5.62. The molecule has 1 aromatic heterocycles. The maximum atomic E-state index is 15.0. The molecule has 0 spiro atoms. The Morgan fingerprint density at radius 1 is 1.20 bits per heavy atom. The zero-order chi connectivity index (χ0) is 28.2. The quantitative estimate of drug-likeness (QED) is 0.374. The molecular weight excluding hydrogens is 509 g/mol. The van der Waals surface area contributed by atoms with Gasteiger partial charge in [0.25, 0.3) is 0 Å². The van der Waals surface area contributed by atoms with Crippen LogP contribution >= 0.6 is 0 Å². The van der Waals surface area contributed by atoms with E-state index in [9.17, 15) is 15.2 Å². The van der Waals surface area contributed by atoms with Crippen molar-refractivity contribution in [2.24, 2.45) is 11.8 Å². The van der Waals surface area contributed by atoms with Crippen molar-refractivity contribution in [3.05, 3.63) is 76.7 Å². The average Bonchev–Trinajstić information content (AvgIpc) is 2.97. The summed E-state index contributed by atoms with van der Waals surface area (Å²) in [4.78, 5) is 17.7. The minimum absolute atomic E-state index is 0.0862. The van der Waals surface area contributed by atoms with Crippen molar-refractivity contribution in [1.29, 1.82) is 5.26 Å². The van der Waals surface area contributed by atoms with Gasteiger partial charge in [0, 0.05) is 24.1 Å². The van der Waals surface area contributed by atoms with E-state index in [4.69, 9.17) is 9.47 Å². The Bertz CT molecular complexity index is 1430. The smallest absolute Gasteiger partial charge is 0.306 e. The van der Waals surface area contributed by atoms with Gasteiger partial charge in [-0.1, -0.05) is 37.3 Å². The van der Waals surface area contributed by atoms with E-state index in [0.717, 1.165) is 72.3 Å². The summed E-state index contributed by atoms with van der Waals surface area (Å²) in [5.74, 6) is -0.476. The first-order valence-electron chi connectivity index (χ1n) is 13.8. The van der Waals surface area contributed by atoms with E-state index in [1.165, 1.54) is 13.3 Å². The fraction of sp³-hybridized carbons (Fsp3) is 0.406. The van der Waals surface area contributed by atoms with E-state index in [1.54, 1.807) is 13.0 Å². The number of aromatic nitrogens is 1. The van der Waals surface area contributed by atoms with Gasteiger partial charge < -0.3 is 14.6 Å². The van der Waals surface area contributed by atoms with Crippen LogP contribution in [0.1, 0.15) is 54.5 Å². The van der Waals surface area contributed by atoms with Crippen LogP contribution in [0.25, 0.3) is 11.1 Å². The van der Waals surface area contributed by atoms with Crippen LogP contribution < -0.4 is 9.47 Å². The van der Waals surface area contributed by atoms with E-state index in [-0.39, 0.29) is 12.0 Å². The number of hydrogen-bond donors (Lipinski definition) is 1. The lowest BCUT2D eigenvalue weighted by Crippen LogP contribution is -2.33. The van der Waals surface area contributed by atoms with Crippen molar-refractivity contribution < 1.29 is 23.8 Å². The maximum Gasteiger partial charge on any atom is 0.306 e. The Morgan fingerprint density at radius 2 is 2.00 bits per heavy atom. The van der Waals surface area contributed by atoms with E-state index in [2.05, 4.69) is 22.0 Å². The molecule has 8 heteroatoms. The van der Waals surface area contributed by atoms with Crippen LogP contribution in [0, 0.1) is 29.0 Å². The van der Waals surface area contributed by atoms with Crippen molar-refractivity contribution in [3.63, 3.8) is 0 Å². The lowest BCUT2D eigenvalue weighted by atomic mass is 9.91. The van der Waals surface area contributed by atoms with Gasteiger partial charge in [0.1, 0.15) is 17.7 Å². The third kappa shape index (κ3) is 6.10. The van der Waals surface area contributed by atoms with Gasteiger partial charge in [-0.05, 0) is 79.1 Å². The predicted octanol–water partition coefficient (Wildman–Crippen LogP) is 5.96. The van der Waals surface area contributed by atoms with Gasteiger partial charge in [0.15, 0.2) is 0 Å². The summed E-state index contributed by atoms with van der Waals surface area (Å²) >= 11 is 0. The third-order valence-electron chi connectivity index (χ3n) is 8.03. The Morgan fingerprint density at radius 3 is 2.73 bits per heavy atom. The van der Waals surface area contributed by atoms with Crippen LogP contribution in [0.3, 0.4) is 0 Å². The molecule has 7 nitrogen and oxygen atoms in total. The second-order valence-corrected chi connectivity index (χ2v) is 10.8. The van der Waals surface area contributed by atoms with Gasteiger partial charge in [-0.3, -0.25) is 9.69 Å². The maximum absolute atomic E-state index is 15.0. The molecule has 0 saturated carbocycles. The molecule has 0 aliphatic carbocycles. The molecule has 2 aromatic carbocycles. The standard InChI is InChI=1S/C32H34FN3O4/c1-20(32(37)38)13-22-3-4-23-6-8-29(40-30(23)14-22)24-5-7-26(27-16-31(39-2)35-18-28(27)33)25(15-24)19-36-11-9-21(17-34)10-12-36/h3-5,7,14-16,18,20-21,29H,6,8-13,19H2,1-2H3,(H,37,38)/t20?,29-/m0/s1. The highest BCUT2D eigenvalue weighted by Gasteiger charge is 2.25. The lowest BCUT2D eigenvalue weighted by Gasteiger charge is -2.31. The van der Waals surface area contributed by atoms with E-state index >= 15 is 4.39 Å². The number of halogens is 1. The number of aryl methyl sites for hydroxylation is 1. The minimum Gasteiger partial charge on any atom is -0.485 e. The number of carboxylic acid groups (broad SMARTS) is 1. The second-order valence-electron chi connectivity index (χ2n) is 10.8. The molecule has 1 saturated heterocycles. The molecule has 1 unspecified atom stereocenters. The van der Waals surface area contributed by atoms with Gasteiger partial charge >= 0.3 is 5.97 Å². The Kier molecular flexibility index (Phi) is 8.32. The normalized spacial score (nSPS) is 18.3. The van der Waals surface area contributed by atoms with Crippen molar-refractivity contribution in [2.75, 3.05) is 20.2 Å². The number of ether oxygens (including phenoxy) is 2. The molecule has 208 valence electrons.